The van der Waals surface area contributed by atoms with E-state index in [4.69, 9.17) is 14.2 Å². The summed E-state index contributed by atoms with van der Waals surface area (Å²) < 4.78 is 44.6. The third-order valence-corrected chi connectivity index (χ3v) is 7.36. The van der Waals surface area contributed by atoms with E-state index >= 15 is 0 Å². The molecule has 3 aromatic rings. The average Bonchev–Trinajstić information content (AvgIpc) is 2.85. The number of hydrogen-bond acceptors (Lipinski definition) is 6. The third-order valence-electron chi connectivity index (χ3n) is 5.96. The molecule has 0 saturated carbocycles. The Bertz CT molecular complexity index is 1190. The number of ether oxygens (including phenoxy) is 3. The minimum Gasteiger partial charge on any atom is -0.497 e. The Morgan fingerprint density at radius 1 is 1.06 bits per heavy atom. The van der Waals surface area contributed by atoms with Gasteiger partial charge in [-0.3, -0.25) is 0 Å². The molecule has 34 heavy (non-hydrogen) atoms. The first-order valence-corrected chi connectivity index (χ1v) is 13.2. The fraction of sp³-hybridized carbons (Fsp3) is 0.385. The van der Waals surface area contributed by atoms with Crippen molar-refractivity contribution < 1.29 is 27.7 Å². The molecule has 1 heterocycles. The van der Waals surface area contributed by atoms with Crippen LogP contribution in [0.4, 0.5) is 0 Å². The van der Waals surface area contributed by atoms with Crippen LogP contribution in [0.3, 0.4) is 0 Å². The molecule has 1 saturated heterocycles. The summed E-state index contributed by atoms with van der Waals surface area (Å²) in [7, 11) is -2.12. The molecule has 1 fully saturated rings. The summed E-state index contributed by atoms with van der Waals surface area (Å²) in [5.41, 5.74) is 1.54. The molecule has 2 N–H and O–H groups in total. The van der Waals surface area contributed by atoms with Crippen molar-refractivity contribution in [3.05, 3.63) is 71.8 Å². The highest BCUT2D eigenvalue weighted by Crippen LogP contribution is 2.30. The molecule has 1 aliphatic heterocycles. The van der Waals surface area contributed by atoms with Crippen LogP contribution in [0.5, 0.6) is 11.5 Å². The molecule has 0 radical (unpaired) electrons. The predicted molar refractivity (Wildman–Crippen MR) is 132 cm³/mol. The topological polar surface area (TPSA) is 94.1 Å². The number of methoxy groups -OCH3 is 1. The summed E-state index contributed by atoms with van der Waals surface area (Å²) in [6.07, 6.45) is 2.19. The number of aliphatic hydroxyl groups excluding tert-OH is 1. The maximum absolute atomic E-state index is 12.5. The zero-order valence-electron chi connectivity index (χ0n) is 19.3. The van der Waals surface area contributed by atoms with Crippen molar-refractivity contribution in [2.24, 2.45) is 0 Å². The fourth-order valence-corrected chi connectivity index (χ4v) is 5.28. The van der Waals surface area contributed by atoms with E-state index in [1.165, 1.54) is 0 Å². The van der Waals surface area contributed by atoms with Crippen LogP contribution in [-0.2, 0) is 21.2 Å². The van der Waals surface area contributed by atoms with Gasteiger partial charge in [-0.05, 0) is 54.0 Å². The van der Waals surface area contributed by atoms with Gasteiger partial charge in [0.2, 0.25) is 10.0 Å². The highest BCUT2D eigenvalue weighted by molar-refractivity contribution is 7.89. The molecule has 4 rings (SSSR count). The van der Waals surface area contributed by atoms with Crippen LogP contribution in [0.25, 0.3) is 10.8 Å². The lowest BCUT2D eigenvalue weighted by atomic mass is 10.0. The van der Waals surface area contributed by atoms with Gasteiger partial charge in [0.25, 0.3) is 0 Å². The molecule has 0 spiro atoms. The molecule has 2 atom stereocenters. The zero-order valence-corrected chi connectivity index (χ0v) is 20.1. The van der Waals surface area contributed by atoms with Crippen molar-refractivity contribution >= 4 is 20.8 Å². The molecular weight excluding hydrogens is 454 g/mol. The first-order chi connectivity index (χ1) is 16.4. The average molecular weight is 486 g/mol. The Morgan fingerprint density at radius 2 is 1.82 bits per heavy atom. The lowest BCUT2D eigenvalue weighted by molar-refractivity contribution is -0.105. The summed E-state index contributed by atoms with van der Waals surface area (Å²) in [4.78, 5) is 0. The fourth-order valence-electron chi connectivity index (χ4n) is 4.14. The molecule has 0 aromatic heterocycles. The van der Waals surface area contributed by atoms with Crippen LogP contribution in [0, 0.1) is 0 Å². The van der Waals surface area contributed by atoms with Crippen LogP contribution in [-0.4, -0.2) is 45.8 Å². The zero-order chi connectivity index (χ0) is 24.0. The number of rotatable bonds is 10. The molecule has 0 aliphatic carbocycles. The summed E-state index contributed by atoms with van der Waals surface area (Å²) >= 11 is 0. The van der Waals surface area contributed by atoms with Crippen LogP contribution < -0.4 is 14.2 Å². The first kappa shape index (κ1) is 24.5. The summed E-state index contributed by atoms with van der Waals surface area (Å²) in [6.45, 7) is 0.946. The molecule has 7 nitrogen and oxygen atoms in total. The van der Waals surface area contributed by atoms with Crippen LogP contribution in [0.15, 0.2) is 60.7 Å². The van der Waals surface area contributed by atoms with Crippen molar-refractivity contribution in [1.29, 1.82) is 0 Å². The van der Waals surface area contributed by atoms with Gasteiger partial charge >= 0.3 is 0 Å². The quantitative estimate of drug-likeness (QED) is 0.452. The van der Waals surface area contributed by atoms with E-state index < -0.39 is 21.9 Å². The first-order valence-electron chi connectivity index (χ1n) is 11.5. The molecular formula is C26H31NO6S. The van der Waals surface area contributed by atoms with E-state index in [9.17, 15) is 13.5 Å². The Labute approximate surface area is 200 Å². The van der Waals surface area contributed by atoms with Crippen LogP contribution in [0.2, 0.25) is 0 Å². The summed E-state index contributed by atoms with van der Waals surface area (Å²) in [5, 5.41) is 12.4. The molecule has 1 aliphatic rings. The Morgan fingerprint density at radius 3 is 2.56 bits per heavy atom. The minimum atomic E-state index is -3.67. The SMILES string of the molecule is COc1ccc(C(O)CS(=O)(=O)NCCc2cccc3c(OC4CCCCO4)cccc23)cc1. The Balaban J connectivity index is 1.38. The van der Waals surface area contributed by atoms with Gasteiger partial charge in [-0.2, -0.15) is 0 Å². The van der Waals surface area contributed by atoms with E-state index in [0.717, 1.165) is 41.3 Å². The summed E-state index contributed by atoms with van der Waals surface area (Å²) in [5.74, 6) is 1.01. The highest BCUT2D eigenvalue weighted by Gasteiger charge is 2.19. The van der Waals surface area contributed by atoms with Crippen molar-refractivity contribution in [3.63, 3.8) is 0 Å². The van der Waals surface area contributed by atoms with Gasteiger partial charge in [0.1, 0.15) is 11.5 Å². The van der Waals surface area contributed by atoms with Gasteiger partial charge in [0, 0.05) is 18.4 Å². The van der Waals surface area contributed by atoms with Gasteiger partial charge < -0.3 is 19.3 Å². The number of aliphatic hydroxyl groups is 1. The second kappa shape index (κ2) is 11.2. The third kappa shape index (κ3) is 6.27. The van der Waals surface area contributed by atoms with Gasteiger partial charge in [-0.1, -0.05) is 42.5 Å². The van der Waals surface area contributed by atoms with Crippen molar-refractivity contribution in [2.45, 2.75) is 38.1 Å². The number of fused-ring (bicyclic) bond motifs is 1. The minimum absolute atomic E-state index is 0.230. The highest BCUT2D eigenvalue weighted by atomic mass is 32.2. The Kier molecular flexibility index (Phi) is 8.05. The summed E-state index contributed by atoms with van der Waals surface area (Å²) in [6, 6.07) is 18.5. The predicted octanol–water partition coefficient (Wildman–Crippen LogP) is 3.95. The van der Waals surface area contributed by atoms with E-state index in [2.05, 4.69) is 4.72 Å². The number of sulfonamides is 1. The lowest BCUT2D eigenvalue weighted by Crippen LogP contribution is -2.30. The molecule has 2 unspecified atom stereocenters. The van der Waals surface area contributed by atoms with Gasteiger partial charge in [0.05, 0.1) is 25.6 Å². The smallest absolute Gasteiger partial charge is 0.214 e. The van der Waals surface area contributed by atoms with E-state index in [0.29, 0.717) is 24.3 Å². The normalized spacial score (nSPS) is 17.4. The van der Waals surface area contributed by atoms with Crippen molar-refractivity contribution in [3.8, 4) is 11.5 Å². The number of nitrogens with one attached hydrogen (secondary N) is 1. The largest absolute Gasteiger partial charge is 0.497 e. The molecule has 0 bridgehead atoms. The van der Waals surface area contributed by atoms with E-state index in [1.54, 1.807) is 31.4 Å². The van der Waals surface area contributed by atoms with E-state index in [-0.39, 0.29) is 12.8 Å². The van der Waals surface area contributed by atoms with Gasteiger partial charge in [-0.25, -0.2) is 13.1 Å². The monoisotopic (exact) mass is 485 g/mol. The molecule has 182 valence electrons. The van der Waals surface area contributed by atoms with E-state index in [1.807, 2.05) is 36.4 Å². The second-order valence-electron chi connectivity index (χ2n) is 8.40. The maximum atomic E-state index is 12.5. The number of benzene rings is 3. The van der Waals surface area contributed by atoms with Crippen molar-refractivity contribution in [1.82, 2.24) is 4.72 Å². The number of hydrogen-bond donors (Lipinski definition) is 2. The molecule has 8 heteroatoms. The second-order valence-corrected chi connectivity index (χ2v) is 10.2. The standard InChI is InChI=1S/C26H31NO6S/c1-31-21-13-11-20(12-14-21)24(28)18-34(29,30)27-16-15-19-6-4-8-23-22(19)7-5-9-25(23)33-26-10-2-3-17-32-26/h4-9,11-14,24,26-28H,2-3,10,15-18H2,1H3. The molecule has 0 amide bonds. The Hall–Kier alpha value is -2.65. The lowest BCUT2D eigenvalue weighted by Gasteiger charge is -2.24. The van der Waals surface area contributed by atoms with Gasteiger partial charge in [-0.15, -0.1) is 0 Å². The van der Waals surface area contributed by atoms with Crippen LogP contribution in [0.1, 0.15) is 36.5 Å². The van der Waals surface area contributed by atoms with Crippen LogP contribution >= 0.6 is 0 Å². The maximum Gasteiger partial charge on any atom is 0.214 e. The van der Waals surface area contributed by atoms with Gasteiger partial charge in [0.15, 0.2) is 6.29 Å². The molecule has 3 aromatic carbocycles. The van der Waals surface area contributed by atoms with Crippen molar-refractivity contribution in [2.75, 3.05) is 26.0 Å².